The molecule has 0 spiro atoms. The fourth-order valence-electron chi connectivity index (χ4n) is 3.05. The molecule has 0 saturated heterocycles. The van der Waals surface area contributed by atoms with E-state index in [9.17, 15) is 4.79 Å². The molecule has 0 radical (unpaired) electrons. The molecular weight excluding hydrogens is 268 g/mol. The maximum absolute atomic E-state index is 11.9. The quantitative estimate of drug-likeness (QED) is 0.689. The summed E-state index contributed by atoms with van der Waals surface area (Å²) in [6.07, 6.45) is 8.05. The normalized spacial score (nSPS) is 18.7. The van der Waals surface area contributed by atoms with Crippen molar-refractivity contribution in [2.24, 2.45) is 5.92 Å². The van der Waals surface area contributed by atoms with Crippen LogP contribution < -0.4 is 0 Å². The van der Waals surface area contributed by atoms with Crippen LogP contribution >= 0.6 is 0 Å². The highest BCUT2D eigenvalue weighted by molar-refractivity contribution is 5.91. The van der Waals surface area contributed by atoms with E-state index in [4.69, 9.17) is 0 Å². The molecule has 0 bridgehead atoms. The Kier molecular flexibility index (Phi) is 5.18. The third kappa shape index (κ3) is 3.30. The summed E-state index contributed by atoms with van der Waals surface area (Å²) >= 11 is 0. The van der Waals surface area contributed by atoms with Gasteiger partial charge in [0.15, 0.2) is 0 Å². The van der Waals surface area contributed by atoms with Crippen molar-refractivity contribution in [2.45, 2.75) is 46.5 Å². The predicted molar refractivity (Wildman–Crippen MR) is 94.9 cm³/mol. The number of allylic oxidation sites excluding steroid dienone is 5. The van der Waals surface area contributed by atoms with Crippen molar-refractivity contribution in [3.05, 3.63) is 65.3 Å². The minimum absolute atomic E-state index is 0.0499. The van der Waals surface area contributed by atoms with Crippen molar-refractivity contribution in [3.63, 3.8) is 0 Å². The van der Waals surface area contributed by atoms with E-state index >= 15 is 0 Å². The van der Waals surface area contributed by atoms with E-state index in [1.807, 2.05) is 12.2 Å². The molecule has 2 rings (SSSR count). The number of rotatable bonds is 5. The summed E-state index contributed by atoms with van der Waals surface area (Å²) in [5, 5.41) is 0. The molecule has 1 nitrogen and oxygen atoms in total. The molecule has 1 aromatic carbocycles. The van der Waals surface area contributed by atoms with Crippen LogP contribution in [0.15, 0.2) is 48.6 Å². The molecule has 22 heavy (non-hydrogen) atoms. The molecule has 0 aliphatic heterocycles. The van der Waals surface area contributed by atoms with Gasteiger partial charge in [0.2, 0.25) is 0 Å². The summed E-state index contributed by atoms with van der Waals surface area (Å²) in [6, 6.07) is 6.62. The standard InChI is InChI=1S/C21H26O/c1-6-14(2)18-11-12-19(15(3)13-18)16(4)20-9-7-8-10-21(20)17(5)22/h7-9,11-14,21H,4,6,10H2,1-3,5H3. The third-order valence-corrected chi connectivity index (χ3v) is 4.76. The Bertz CT molecular complexity index is 646. The molecule has 0 aromatic heterocycles. The van der Waals surface area contributed by atoms with Gasteiger partial charge < -0.3 is 0 Å². The van der Waals surface area contributed by atoms with Crippen molar-refractivity contribution in [3.8, 4) is 0 Å². The minimum Gasteiger partial charge on any atom is -0.299 e. The number of Topliss-reactive ketones (excluding diaryl/α,β-unsaturated/α-hetero) is 1. The van der Waals surface area contributed by atoms with Crippen molar-refractivity contribution in [1.29, 1.82) is 0 Å². The number of carbonyl (C=O) groups is 1. The minimum atomic E-state index is -0.0499. The lowest BCUT2D eigenvalue weighted by Crippen LogP contribution is -2.16. The van der Waals surface area contributed by atoms with Gasteiger partial charge in [-0.2, -0.15) is 0 Å². The van der Waals surface area contributed by atoms with Crippen LogP contribution in [0.2, 0.25) is 0 Å². The summed E-state index contributed by atoms with van der Waals surface area (Å²) < 4.78 is 0. The van der Waals surface area contributed by atoms with Gasteiger partial charge in [-0.25, -0.2) is 0 Å². The molecule has 0 fully saturated rings. The van der Waals surface area contributed by atoms with E-state index in [-0.39, 0.29) is 11.7 Å². The topological polar surface area (TPSA) is 17.1 Å². The van der Waals surface area contributed by atoms with Gasteiger partial charge in [0, 0.05) is 5.92 Å². The number of hydrogen-bond acceptors (Lipinski definition) is 1. The molecule has 0 saturated carbocycles. The molecule has 1 aliphatic carbocycles. The number of aryl methyl sites for hydroxylation is 1. The Labute approximate surface area is 134 Å². The fourth-order valence-corrected chi connectivity index (χ4v) is 3.05. The van der Waals surface area contributed by atoms with Gasteiger partial charge in [0.05, 0.1) is 0 Å². The van der Waals surface area contributed by atoms with Gasteiger partial charge in [-0.1, -0.05) is 56.9 Å². The van der Waals surface area contributed by atoms with Gasteiger partial charge in [0.25, 0.3) is 0 Å². The molecule has 0 N–H and O–H groups in total. The van der Waals surface area contributed by atoms with Crippen molar-refractivity contribution in [2.75, 3.05) is 0 Å². The summed E-state index contributed by atoms with van der Waals surface area (Å²) in [5.41, 5.74) is 5.81. The lowest BCUT2D eigenvalue weighted by atomic mass is 9.81. The van der Waals surface area contributed by atoms with Crippen molar-refractivity contribution < 1.29 is 4.79 Å². The van der Waals surface area contributed by atoms with Crippen LogP contribution in [-0.2, 0) is 4.79 Å². The zero-order valence-corrected chi connectivity index (χ0v) is 14.1. The predicted octanol–water partition coefficient (Wildman–Crippen LogP) is 5.61. The molecule has 0 heterocycles. The number of hydrogen-bond donors (Lipinski definition) is 0. The summed E-state index contributed by atoms with van der Waals surface area (Å²) in [5.74, 6) is 0.736. The fraction of sp³-hybridized carbons (Fsp3) is 0.381. The van der Waals surface area contributed by atoms with Crippen LogP contribution in [0.4, 0.5) is 0 Å². The average molecular weight is 294 g/mol. The largest absolute Gasteiger partial charge is 0.299 e. The maximum Gasteiger partial charge on any atom is 0.137 e. The number of benzene rings is 1. The SMILES string of the molecule is C=C(C1=CC=CCC1C(C)=O)c1ccc(C(C)CC)cc1C. The Morgan fingerprint density at radius 2 is 2.14 bits per heavy atom. The second-order valence-electron chi connectivity index (χ2n) is 6.31. The van der Waals surface area contributed by atoms with E-state index in [0.717, 1.165) is 29.6 Å². The zero-order chi connectivity index (χ0) is 16.3. The third-order valence-electron chi connectivity index (χ3n) is 4.76. The number of ketones is 1. The first-order chi connectivity index (χ1) is 10.5. The van der Waals surface area contributed by atoms with Crippen LogP contribution in [-0.4, -0.2) is 5.78 Å². The lowest BCUT2D eigenvalue weighted by molar-refractivity contribution is -0.119. The molecule has 1 heteroatoms. The Balaban J connectivity index is 2.35. The van der Waals surface area contributed by atoms with Gasteiger partial charge in [-0.15, -0.1) is 0 Å². The van der Waals surface area contributed by atoms with E-state index in [0.29, 0.717) is 5.92 Å². The monoisotopic (exact) mass is 294 g/mol. The van der Waals surface area contributed by atoms with Gasteiger partial charge in [-0.3, -0.25) is 4.79 Å². The number of carbonyl (C=O) groups excluding carboxylic acids is 1. The second-order valence-corrected chi connectivity index (χ2v) is 6.31. The van der Waals surface area contributed by atoms with Gasteiger partial charge in [-0.05, 0) is 60.4 Å². The van der Waals surface area contributed by atoms with Gasteiger partial charge >= 0.3 is 0 Å². The summed E-state index contributed by atoms with van der Waals surface area (Å²) in [4.78, 5) is 11.9. The molecule has 2 atom stereocenters. The Morgan fingerprint density at radius 1 is 1.41 bits per heavy atom. The van der Waals surface area contributed by atoms with E-state index < -0.39 is 0 Å². The highest BCUT2D eigenvalue weighted by Crippen LogP contribution is 2.34. The highest BCUT2D eigenvalue weighted by Gasteiger charge is 2.23. The molecule has 0 amide bonds. The van der Waals surface area contributed by atoms with Crippen LogP contribution in [0.1, 0.15) is 56.2 Å². The molecule has 1 aliphatic rings. The van der Waals surface area contributed by atoms with Crippen LogP contribution in [0.3, 0.4) is 0 Å². The second kappa shape index (κ2) is 6.91. The summed E-state index contributed by atoms with van der Waals surface area (Å²) in [7, 11) is 0. The molecular formula is C21H26O. The molecule has 1 aromatic rings. The summed E-state index contributed by atoms with van der Waals surface area (Å²) in [6.45, 7) is 12.6. The van der Waals surface area contributed by atoms with E-state index in [1.54, 1.807) is 6.92 Å². The van der Waals surface area contributed by atoms with Crippen LogP contribution in [0, 0.1) is 12.8 Å². The first-order valence-electron chi connectivity index (χ1n) is 8.13. The van der Waals surface area contributed by atoms with E-state index in [1.165, 1.54) is 11.1 Å². The van der Waals surface area contributed by atoms with Crippen molar-refractivity contribution >= 4 is 11.4 Å². The van der Waals surface area contributed by atoms with Gasteiger partial charge in [0.1, 0.15) is 5.78 Å². The maximum atomic E-state index is 11.9. The lowest BCUT2D eigenvalue weighted by Gasteiger charge is -2.23. The Morgan fingerprint density at radius 3 is 2.73 bits per heavy atom. The van der Waals surface area contributed by atoms with Crippen molar-refractivity contribution in [1.82, 2.24) is 0 Å². The van der Waals surface area contributed by atoms with Crippen LogP contribution in [0.5, 0.6) is 0 Å². The smallest absolute Gasteiger partial charge is 0.137 e. The molecule has 116 valence electrons. The van der Waals surface area contributed by atoms with E-state index in [2.05, 4.69) is 51.6 Å². The first kappa shape index (κ1) is 16.5. The zero-order valence-electron chi connectivity index (χ0n) is 14.1. The average Bonchev–Trinajstić information content (AvgIpc) is 2.53. The highest BCUT2D eigenvalue weighted by atomic mass is 16.1. The molecule has 2 unspecified atom stereocenters. The Hall–Kier alpha value is -1.89. The van der Waals surface area contributed by atoms with Crippen LogP contribution in [0.25, 0.3) is 5.57 Å². The first-order valence-corrected chi connectivity index (χ1v) is 8.13.